The Morgan fingerprint density at radius 1 is 0.867 bits per heavy atom. The molecule has 174 valence electrons. The predicted molar refractivity (Wildman–Crippen MR) is 114 cm³/mol. The lowest BCUT2D eigenvalue weighted by Crippen LogP contribution is -2.59. The summed E-state index contributed by atoms with van der Waals surface area (Å²) in [6, 6.07) is -3.66. The average Bonchev–Trinajstić information content (AvgIpc) is 2.67. The lowest BCUT2D eigenvalue weighted by molar-refractivity contribution is -0.144. The van der Waals surface area contributed by atoms with Gasteiger partial charge in [-0.3, -0.25) is 14.4 Å². The highest BCUT2D eigenvalue weighted by Gasteiger charge is 2.33. The molecule has 0 radical (unpaired) electrons. The number of rotatable bonds is 14. The van der Waals surface area contributed by atoms with Gasteiger partial charge in [0.15, 0.2) is 0 Å². The summed E-state index contributed by atoms with van der Waals surface area (Å²) in [4.78, 5) is 49.1. The number of hydrogen-bond donors (Lipinski definition) is 6. The van der Waals surface area contributed by atoms with Gasteiger partial charge in [0.2, 0.25) is 17.7 Å². The fraction of sp³-hybridized carbons (Fsp3) is 0.800. The molecule has 0 spiro atoms. The summed E-state index contributed by atoms with van der Waals surface area (Å²) >= 11 is 0. The number of amides is 3. The van der Waals surface area contributed by atoms with E-state index in [1.807, 2.05) is 6.92 Å². The summed E-state index contributed by atoms with van der Waals surface area (Å²) in [6.45, 7) is 9.00. The normalized spacial score (nSPS) is 16.1. The van der Waals surface area contributed by atoms with E-state index in [1.54, 1.807) is 20.8 Å². The summed E-state index contributed by atoms with van der Waals surface area (Å²) in [5, 5.41) is 17.2. The van der Waals surface area contributed by atoms with E-state index >= 15 is 0 Å². The maximum absolute atomic E-state index is 12.9. The number of aliphatic carboxylic acids is 1. The topological polar surface area (TPSA) is 177 Å². The summed E-state index contributed by atoms with van der Waals surface area (Å²) in [6.07, 6.45) is 2.23. The first-order valence-corrected chi connectivity index (χ1v) is 10.6. The minimum absolute atomic E-state index is 0.246. The number of nitrogens with one attached hydrogen (secondary N) is 3. The Morgan fingerprint density at radius 3 is 1.87 bits per heavy atom. The molecule has 8 N–H and O–H groups in total. The molecule has 0 heterocycles. The van der Waals surface area contributed by atoms with Gasteiger partial charge in [0.05, 0.1) is 6.04 Å². The second-order valence-electron chi connectivity index (χ2n) is 8.07. The highest BCUT2D eigenvalue weighted by atomic mass is 16.4. The minimum Gasteiger partial charge on any atom is -0.480 e. The number of nitrogens with two attached hydrogens (primary N) is 2. The van der Waals surface area contributed by atoms with Crippen LogP contribution in [0.25, 0.3) is 0 Å². The number of carbonyl (C=O) groups is 4. The smallest absolute Gasteiger partial charge is 0.326 e. The van der Waals surface area contributed by atoms with Crippen LogP contribution in [0.4, 0.5) is 0 Å². The number of carboxylic acid groups (broad SMARTS) is 1. The van der Waals surface area contributed by atoms with Gasteiger partial charge in [0.1, 0.15) is 18.1 Å². The highest BCUT2D eigenvalue weighted by molar-refractivity contribution is 5.94. The molecule has 0 aromatic heterocycles. The Bertz CT molecular complexity index is 582. The van der Waals surface area contributed by atoms with Crippen LogP contribution in [0.15, 0.2) is 0 Å². The average molecular weight is 430 g/mol. The highest BCUT2D eigenvalue weighted by Crippen LogP contribution is 2.11. The van der Waals surface area contributed by atoms with Crippen molar-refractivity contribution in [3.05, 3.63) is 0 Å². The molecule has 0 fully saturated rings. The molecule has 0 bridgehead atoms. The van der Waals surface area contributed by atoms with Crippen molar-refractivity contribution >= 4 is 23.7 Å². The first-order chi connectivity index (χ1) is 14.0. The van der Waals surface area contributed by atoms with Crippen LogP contribution in [-0.4, -0.2) is 59.5 Å². The van der Waals surface area contributed by atoms with Crippen LogP contribution in [0.5, 0.6) is 0 Å². The lowest BCUT2D eigenvalue weighted by atomic mass is 9.96. The quantitative estimate of drug-likeness (QED) is 0.205. The molecule has 30 heavy (non-hydrogen) atoms. The van der Waals surface area contributed by atoms with Crippen LogP contribution in [0.1, 0.15) is 60.3 Å². The van der Waals surface area contributed by atoms with Crippen molar-refractivity contribution in [3.8, 4) is 0 Å². The summed E-state index contributed by atoms with van der Waals surface area (Å²) < 4.78 is 0. The van der Waals surface area contributed by atoms with Crippen molar-refractivity contribution in [2.24, 2.45) is 23.3 Å². The number of unbranched alkanes of at least 4 members (excludes halogenated alkanes) is 1. The summed E-state index contributed by atoms with van der Waals surface area (Å²) in [5.74, 6) is -3.27. The van der Waals surface area contributed by atoms with E-state index in [4.69, 9.17) is 11.5 Å². The van der Waals surface area contributed by atoms with Crippen LogP contribution < -0.4 is 27.4 Å². The van der Waals surface area contributed by atoms with Gasteiger partial charge in [-0.1, -0.05) is 34.1 Å². The van der Waals surface area contributed by atoms with E-state index in [0.29, 0.717) is 32.2 Å². The van der Waals surface area contributed by atoms with E-state index in [-0.39, 0.29) is 11.8 Å². The largest absolute Gasteiger partial charge is 0.480 e. The fourth-order valence-corrected chi connectivity index (χ4v) is 2.78. The van der Waals surface area contributed by atoms with Crippen molar-refractivity contribution in [2.75, 3.05) is 6.54 Å². The van der Waals surface area contributed by atoms with E-state index in [1.165, 1.54) is 6.92 Å². The molecule has 10 heteroatoms. The summed E-state index contributed by atoms with van der Waals surface area (Å²) in [7, 11) is 0. The van der Waals surface area contributed by atoms with Gasteiger partial charge >= 0.3 is 5.97 Å². The Hall–Kier alpha value is -2.20. The molecule has 0 rings (SSSR count). The molecule has 0 aliphatic carbocycles. The SMILES string of the molecule is CCC(C)C(NC(=O)C(CCCCN)NC(=O)C(C)N)C(=O)NC(C(=O)O)C(C)C. The van der Waals surface area contributed by atoms with E-state index < -0.39 is 47.9 Å². The first-order valence-electron chi connectivity index (χ1n) is 10.6. The molecule has 3 amide bonds. The van der Waals surface area contributed by atoms with Crippen LogP contribution in [0.2, 0.25) is 0 Å². The number of hydrogen-bond acceptors (Lipinski definition) is 6. The molecule has 0 saturated carbocycles. The maximum atomic E-state index is 12.9. The Balaban J connectivity index is 5.45. The molecule has 0 aliphatic heterocycles. The van der Waals surface area contributed by atoms with Gasteiger partial charge in [-0.2, -0.15) is 0 Å². The molecule has 5 atom stereocenters. The van der Waals surface area contributed by atoms with Crippen molar-refractivity contribution < 1.29 is 24.3 Å². The third kappa shape index (κ3) is 9.53. The molecule has 5 unspecified atom stereocenters. The van der Waals surface area contributed by atoms with Crippen molar-refractivity contribution in [1.29, 1.82) is 0 Å². The fourth-order valence-electron chi connectivity index (χ4n) is 2.78. The molecule has 0 aromatic rings. The molecule has 0 aliphatic rings. The molecule has 10 nitrogen and oxygen atoms in total. The standard InChI is InChI=1S/C20H39N5O5/c1-6-12(4)16(19(28)24-15(11(2)3)20(29)30)25-18(27)14(9-7-8-10-21)23-17(26)13(5)22/h11-16H,6-10,21-22H2,1-5H3,(H,23,26)(H,24,28)(H,25,27)(H,29,30). The lowest BCUT2D eigenvalue weighted by Gasteiger charge is -2.28. The van der Waals surface area contributed by atoms with Gasteiger partial charge in [-0.25, -0.2) is 4.79 Å². The van der Waals surface area contributed by atoms with Crippen LogP contribution in [0, 0.1) is 11.8 Å². The van der Waals surface area contributed by atoms with Gasteiger partial charge in [0.25, 0.3) is 0 Å². The second-order valence-corrected chi connectivity index (χ2v) is 8.07. The van der Waals surface area contributed by atoms with Crippen molar-refractivity contribution in [3.63, 3.8) is 0 Å². The third-order valence-corrected chi connectivity index (χ3v) is 5.02. The van der Waals surface area contributed by atoms with Gasteiger partial charge in [-0.05, 0) is 44.6 Å². The predicted octanol–water partition coefficient (Wildman–Crippen LogP) is -0.296. The molecule has 0 saturated heterocycles. The van der Waals surface area contributed by atoms with Crippen molar-refractivity contribution in [1.82, 2.24) is 16.0 Å². The zero-order valence-electron chi connectivity index (χ0n) is 18.7. The van der Waals surface area contributed by atoms with Gasteiger partial charge < -0.3 is 32.5 Å². The van der Waals surface area contributed by atoms with Crippen LogP contribution in [0.3, 0.4) is 0 Å². The number of carbonyl (C=O) groups excluding carboxylic acids is 3. The zero-order valence-corrected chi connectivity index (χ0v) is 18.7. The van der Waals surface area contributed by atoms with E-state index in [2.05, 4.69) is 16.0 Å². The maximum Gasteiger partial charge on any atom is 0.326 e. The zero-order chi connectivity index (χ0) is 23.4. The monoisotopic (exact) mass is 429 g/mol. The molecular formula is C20H39N5O5. The Kier molecular flexibility index (Phi) is 12.9. The Morgan fingerprint density at radius 2 is 1.43 bits per heavy atom. The van der Waals surface area contributed by atoms with E-state index in [0.717, 1.165) is 0 Å². The van der Waals surface area contributed by atoms with Crippen molar-refractivity contribution in [2.45, 2.75) is 84.5 Å². The summed E-state index contributed by atoms with van der Waals surface area (Å²) in [5.41, 5.74) is 11.1. The molecular weight excluding hydrogens is 390 g/mol. The van der Waals surface area contributed by atoms with Crippen LogP contribution in [-0.2, 0) is 19.2 Å². The first kappa shape index (κ1) is 27.8. The molecule has 0 aromatic carbocycles. The van der Waals surface area contributed by atoms with Gasteiger partial charge in [0, 0.05) is 0 Å². The van der Waals surface area contributed by atoms with Crippen LogP contribution >= 0.6 is 0 Å². The number of carboxylic acids is 1. The second kappa shape index (κ2) is 13.9. The minimum atomic E-state index is -1.14. The van der Waals surface area contributed by atoms with E-state index in [9.17, 15) is 24.3 Å². The van der Waals surface area contributed by atoms with Gasteiger partial charge in [-0.15, -0.1) is 0 Å². The third-order valence-electron chi connectivity index (χ3n) is 5.02. The Labute approximate surface area is 178 Å².